The normalized spacial score (nSPS) is 10.4. The van der Waals surface area contributed by atoms with E-state index in [4.69, 9.17) is 10.2 Å². The highest BCUT2D eigenvalue weighted by atomic mass is 16.5. The van der Waals surface area contributed by atoms with Gasteiger partial charge in [-0.1, -0.05) is 6.07 Å². The van der Waals surface area contributed by atoms with Crippen molar-refractivity contribution in [3.63, 3.8) is 0 Å². The Morgan fingerprint density at radius 3 is 2.36 bits per heavy atom. The summed E-state index contributed by atoms with van der Waals surface area (Å²) in [5, 5.41) is 8.03. The zero-order valence-electron chi connectivity index (χ0n) is 11.8. The molecule has 0 saturated heterocycles. The molecule has 0 amide bonds. The summed E-state index contributed by atoms with van der Waals surface area (Å²) in [6.45, 7) is 0. The van der Waals surface area contributed by atoms with Crippen molar-refractivity contribution in [1.82, 2.24) is 10.2 Å². The van der Waals surface area contributed by atoms with Crippen LogP contribution in [0.3, 0.4) is 0 Å². The van der Waals surface area contributed by atoms with Gasteiger partial charge in [-0.25, -0.2) is 4.79 Å². The van der Waals surface area contributed by atoms with Crippen LogP contribution in [0.2, 0.25) is 0 Å². The van der Waals surface area contributed by atoms with Gasteiger partial charge >= 0.3 is 5.97 Å². The SMILES string of the molecule is COC(=O)c1ccc(-c2nnc(-c3cccc(N)c3)o2)cc1. The number of anilines is 1. The van der Waals surface area contributed by atoms with E-state index in [1.807, 2.05) is 12.1 Å². The molecular formula is C16H13N3O3. The summed E-state index contributed by atoms with van der Waals surface area (Å²) in [5.41, 5.74) is 8.30. The minimum Gasteiger partial charge on any atom is -0.465 e. The number of hydrogen-bond donors (Lipinski definition) is 1. The molecule has 110 valence electrons. The second-order valence-electron chi connectivity index (χ2n) is 4.61. The molecule has 0 saturated carbocycles. The first-order valence-corrected chi connectivity index (χ1v) is 6.55. The zero-order chi connectivity index (χ0) is 15.5. The van der Waals surface area contributed by atoms with Crippen molar-refractivity contribution in [2.45, 2.75) is 0 Å². The first-order chi connectivity index (χ1) is 10.7. The number of nitrogens with zero attached hydrogens (tertiary/aromatic N) is 2. The van der Waals surface area contributed by atoms with Crippen LogP contribution in [-0.4, -0.2) is 23.3 Å². The maximum atomic E-state index is 11.4. The summed E-state index contributed by atoms with van der Waals surface area (Å²) in [7, 11) is 1.34. The van der Waals surface area contributed by atoms with Gasteiger partial charge in [0.05, 0.1) is 12.7 Å². The second kappa shape index (κ2) is 5.69. The molecule has 3 aromatic rings. The van der Waals surface area contributed by atoms with Crippen molar-refractivity contribution in [2.75, 3.05) is 12.8 Å². The van der Waals surface area contributed by atoms with Gasteiger partial charge in [-0.15, -0.1) is 10.2 Å². The molecule has 6 nitrogen and oxygen atoms in total. The van der Waals surface area contributed by atoms with Crippen LogP contribution in [0, 0.1) is 0 Å². The van der Waals surface area contributed by atoms with Gasteiger partial charge in [0.2, 0.25) is 11.8 Å². The summed E-state index contributed by atoms with van der Waals surface area (Å²) in [4.78, 5) is 11.4. The van der Waals surface area contributed by atoms with Crippen molar-refractivity contribution in [1.29, 1.82) is 0 Å². The molecule has 1 heterocycles. The molecule has 0 spiro atoms. The Kier molecular flexibility index (Phi) is 3.57. The van der Waals surface area contributed by atoms with E-state index in [1.54, 1.807) is 36.4 Å². The Hall–Kier alpha value is -3.15. The van der Waals surface area contributed by atoms with Crippen molar-refractivity contribution in [2.24, 2.45) is 0 Å². The van der Waals surface area contributed by atoms with E-state index >= 15 is 0 Å². The molecule has 0 unspecified atom stereocenters. The van der Waals surface area contributed by atoms with Crippen LogP contribution < -0.4 is 5.73 Å². The van der Waals surface area contributed by atoms with Gasteiger partial charge in [-0.2, -0.15) is 0 Å². The lowest BCUT2D eigenvalue weighted by Gasteiger charge is -1.99. The Balaban J connectivity index is 1.89. The maximum absolute atomic E-state index is 11.4. The van der Waals surface area contributed by atoms with Crippen LogP contribution >= 0.6 is 0 Å². The van der Waals surface area contributed by atoms with Crippen LogP contribution in [0.4, 0.5) is 5.69 Å². The molecule has 0 radical (unpaired) electrons. The number of nitrogen functional groups attached to an aromatic ring is 1. The molecule has 3 rings (SSSR count). The van der Waals surface area contributed by atoms with Crippen LogP contribution in [0.5, 0.6) is 0 Å². The molecule has 0 aliphatic carbocycles. The average molecular weight is 295 g/mol. The Bertz CT molecular complexity index is 810. The number of carbonyl (C=O) groups is 1. The lowest BCUT2D eigenvalue weighted by molar-refractivity contribution is 0.0601. The van der Waals surface area contributed by atoms with Gasteiger partial charge in [0.25, 0.3) is 0 Å². The molecule has 0 aliphatic rings. The molecule has 2 N–H and O–H groups in total. The van der Waals surface area contributed by atoms with E-state index in [0.717, 1.165) is 11.1 Å². The number of nitrogens with two attached hydrogens (primary N) is 1. The highest BCUT2D eigenvalue weighted by Crippen LogP contribution is 2.25. The zero-order valence-corrected chi connectivity index (χ0v) is 11.8. The average Bonchev–Trinajstić information content (AvgIpc) is 3.04. The van der Waals surface area contributed by atoms with Gasteiger partial charge in [0.15, 0.2) is 0 Å². The summed E-state index contributed by atoms with van der Waals surface area (Å²) in [6, 6.07) is 13.9. The fourth-order valence-corrected chi connectivity index (χ4v) is 1.99. The third kappa shape index (κ3) is 2.67. The molecular weight excluding hydrogens is 282 g/mol. The monoisotopic (exact) mass is 295 g/mol. The minimum atomic E-state index is -0.391. The molecule has 0 bridgehead atoms. The summed E-state index contributed by atoms with van der Waals surface area (Å²) < 4.78 is 10.3. The van der Waals surface area contributed by atoms with Gasteiger partial charge in [0, 0.05) is 16.8 Å². The largest absolute Gasteiger partial charge is 0.465 e. The fraction of sp³-hybridized carbons (Fsp3) is 0.0625. The van der Waals surface area contributed by atoms with Gasteiger partial charge < -0.3 is 14.9 Å². The summed E-state index contributed by atoms with van der Waals surface area (Å²) in [5.74, 6) is 0.366. The molecule has 0 fully saturated rings. The third-order valence-corrected chi connectivity index (χ3v) is 3.11. The number of carbonyl (C=O) groups excluding carboxylic acids is 1. The Labute approximate surface area is 126 Å². The number of methoxy groups -OCH3 is 1. The van der Waals surface area contributed by atoms with Gasteiger partial charge in [-0.05, 0) is 42.5 Å². The second-order valence-corrected chi connectivity index (χ2v) is 4.61. The fourth-order valence-electron chi connectivity index (χ4n) is 1.99. The van der Waals surface area contributed by atoms with E-state index in [0.29, 0.717) is 23.0 Å². The third-order valence-electron chi connectivity index (χ3n) is 3.11. The van der Waals surface area contributed by atoms with E-state index in [2.05, 4.69) is 14.9 Å². The lowest BCUT2D eigenvalue weighted by atomic mass is 10.1. The Morgan fingerprint density at radius 1 is 1.05 bits per heavy atom. The maximum Gasteiger partial charge on any atom is 0.337 e. The number of benzene rings is 2. The van der Waals surface area contributed by atoms with E-state index < -0.39 is 5.97 Å². The summed E-state index contributed by atoms with van der Waals surface area (Å²) in [6.07, 6.45) is 0. The highest BCUT2D eigenvalue weighted by Gasteiger charge is 2.12. The van der Waals surface area contributed by atoms with Crippen molar-refractivity contribution in [3.05, 3.63) is 54.1 Å². The van der Waals surface area contributed by atoms with Crippen LogP contribution in [0.15, 0.2) is 52.9 Å². The van der Waals surface area contributed by atoms with E-state index in [1.165, 1.54) is 7.11 Å². The number of ether oxygens (including phenoxy) is 1. The van der Waals surface area contributed by atoms with E-state index in [-0.39, 0.29) is 0 Å². The van der Waals surface area contributed by atoms with Crippen molar-refractivity contribution < 1.29 is 13.9 Å². The molecule has 0 aliphatic heterocycles. The van der Waals surface area contributed by atoms with Crippen LogP contribution in [-0.2, 0) is 4.74 Å². The van der Waals surface area contributed by atoms with Crippen molar-refractivity contribution >= 4 is 11.7 Å². The minimum absolute atomic E-state index is 0.369. The predicted octanol–water partition coefficient (Wildman–Crippen LogP) is 2.77. The van der Waals surface area contributed by atoms with Crippen molar-refractivity contribution in [3.8, 4) is 22.9 Å². The molecule has 6 heteroatoms. The van der Waals surface area contributed by atoms with Crippen LogP contribution in [0.1, 0.15) is 10.4 Å². The Morgan fingerprint density at radius 2 is 1.73 bits per heavy atom. The molecule has 22 heavy (non-hydrogen) atoms. The highest BCUT2D eigenvalue weighted by molar-refractivity contribution is 5.89. The molecule has 1 aromatic heterocycles. The first kappa shape index (κ1) is 13.8. The lowest BCUT2D eigenvalue weighted by Crippen LogP contribution is -2.00. The summed E-state index contributed by atoms with van der Waals surface area (Å²) >= 11 is 0. The number of rotatable bonds is 3. The predicted molar refractivity (Wildman–Crippen MR) is 80.9 cm³/mol. The standard InChI is InChI=1S/C16H13N3O3/c1-21-16(20)11-7-5-10(6-8-11)14-18-19-15(22-14)12-3-2-4-13(17)9-12/h2-9H,17H2,1H3. The molecule has 2 aromatic carbocycles. The molecule has 0 atom stereocenters. The van der Waals surface area contributed by atoms with Crippen LogP contribution in [0.25, 0.3) is 22.9 Å². The first-order valence-electron chi connectivity index (χ1n) is 6.55. The van der Waals surface area contributed by atoms with Gasteiger partial charge in [-0.3, -0.25) is 0 Å². The smallest absolute Gasteiger partial charge is 0.337 e. The van der Waals surface area contributed by atoms with E-state index in [9.17, 15) is 4.79 Å². The topological polar surface area (TPSA) is 91.2 Å². The number of hydrogen-bond acceptors (Lipinski definition) is 6. The quantitative estimate of drug-likeness (QED) is 0.590. The number of aromatic nitrogens is 2. The number of esters is 1. The van der Waals surface area contributed by atoms with Gasteiger partial charge in [0.1, 0.15) is 0 Å².